The van der Waals surface area contributed by atoms with E-state index < -0.39 is 0 Å². The topological polar surface area (TPSA) is 35.5 Å². The van der Waals surface area contributed by atoms with Crippen LogP contribution in [0.5, 0.6) is 11.5 Å². The van der Waals surface area contributed by atoms with Crippen LogP contribution in [-0.4, -0.2) is 19.0 Å². The number of ether oxygens (including phenoxy) is 2. The number of rotatable bonds is 3. The first-order valence-electron chi connectivity index (χ1n) is 6.03. The predicted molar refractivity (Wildman–Crippen MR) is 65.8 cm³/mol. The second kappa shape index (κ2) is 4.78. The Bertz CT molecular complexity index is 425. The van der Waals surface area contributed by atoms with E-state index in [1.807, 2.05) is 12.1 Å². The smallest absolute Gasteiger partial charge is 0.170 e. The van der Waals surface area contributed by atoms with Crippen LogP contribution >= 0.6 is 0 Å². The summed E-state index contributed by atoms with van der Waals surface area (Å²) in [5, 5.41) is 0. The molecule has 0 amide bonds. The van der Waals surface area contributed by atoms with E-state index in [4.69, 9.17) is 9.47 Å². The van der Waals surface area contributed by atoms with Gasteiger partial charge >= 0.3 is 0 Å². The predicted octanol–water partition coefficient (Wildman–Crippen LogP) is 3.08. The Morgan fingerprint density at radius 3 is 2.94 bits per heavy atom. The molecule has 0 spiro atoms. The Balaban J connectivity index is 2.29. The average Bonchev–Trinajstić information content (AvgIpc) is 2.37. The van der Waals surface area contributed by atoms with Crippen molar-refractivity contribution in [1.29, 1.82) is 0 Å². The minimum Gasteiger partial charge on any atom is -0.497 e. The lowest BCUT2D eigenvalue weighted by Crippen LogP contribution is -2.32. The lowest BCUT2D eigenvalue weighted by Gasteiger charge is -2.29. The van der Waals surface area contributed by atoms with Crippen LogP contribution in [-0.2, 0) is 0 Å². The van der Waals surface area contributed by atoms with E-state index in [0.29, 0.717) is 29.4 Å². The van der Waals surface area contributed by atoms with Gasteiger partial charge < -0.3 is 9.47 Å². The minimum atomic E-state index is 0.00777. The third-order valence-electron chi connectivity index (χ3n) is 3.43. The van der Waals surface area contributed by atoms with Crippen LogP contribution in [0.1, 0.15) is 37.0 Å². The average molecular weight is 234 g/mol. The first-order chi connectivity index (χ1) is 8.15. The Morgan fingerprint density at radius 2 is 2.29 bits per heavy atom. The van der Waals surface area contributed by atoms with Crippen molar-refractivity contribution in [2.24, 2.45) is 5.92 Å². The van der Waals surface area contributed by atoms with Crippen LogP contribution in [0.25, 0.3) is 0 Å². The third kappa shape index (κ3) is 2.28. The SMILES string of the molecule is CCC(C)C1CC(=O)c2cc(OC)ccc2O1. The molecule has 0 saturated heterocycles. The molecule has 1 heterocycles. The Morgan fingerprint density at radius 1 is 1.53 bits per heavy atom. The first kappa shape index (κ1) is 12.0. The number of carbonyl (C=O) groups is 1. The number of ketones is 1. The molecule has 17 heavy (non-hydrogen) atoms. The van der Waals surface area contributed by atoms with Crippen LogP contribution in [0.3, 0.4) is 0 Å². The van der Waals surface area contributed by atoms with Crippen molar-refractivity contribution < 1.29 is 14.3 Å². The third-order valence-corrected chi connectivity index (χ3v) is 3.43. The van der Waals surface area contributed by atoms with Crippen molar-refractivity contribution in [2.75, 3.05) is 7.11 Å². The van der Waals surface area contributed by atoms with E-state index in [9.17, 15) is 4.79 Å². The molecule has 0 bridgehead atoms. The van der Waals surface area contributed by atoms with Gasteiger partial charge in [0, 0.05) is 6.42 Å². The van der Waals surface area contributed by atoms with Crippen molar-refractivity contribution in [2.45, 2.75) is 32.8 Å². The quantitative estimate of drug-likeness (QED) is 0.806. The zero-order valence-electron chi connectivity index (χ0n) is 10.5. The maximum atomic E-state index is 12.0. The van der Waals surface area contributed by atoms with E-state index in [2.05, 4.69) is 13.8 Å². The number of Topliss-reactive ketones (excluding diaryl/α,β-unsaturated/α-hetero) is 1. The van der Waals surface area contributed by atoms with Gasteiger partial charge in [-0.1, -0.05) is 20.3 Å². The lowest BCUT2D eigenvalue weighted by molar-refractivity contribution is 0.0747. The monoisotopic (exact) mass is 234 g/mol. The molecule has 0 saturated carbocycles. The van der Waals surface area contributed by atoms with Gasteiger partial charge in [0.05, 0.1) is 12.7 Å². The largest absolute Gasteiger partial charge is 0.497 e. The fourth-order valence-electron chi connectivity index (χ4n) is 2.03. The van der Waals surface area contributed by atoms with Crippen LogP contribution in [0.15, 0.2) is 18.2 Å². The summed E-state index contributed by atoms with van der Waals surface area (Å²) in [5.41, 5.74) is 0.643. The summed E-state index contributed by atoms with van der Waals surface area (Å²) in [6.07, 6.45) is 1.49. The van der Waals surface area contributed by atoms with Crippen molar-refractivity contribution in [1.82, 2.24) is 0 Å². The summed E-state index contributed by atoms with van der Waals surface area (Å²) in [4.78, 5) is 12.0. The Labute approximate surface area is 102 Å². The standard InChI is InChI=1S/C14H18O3/c1-4-9(2)14-8-12(15)11-7-10(16-3)5-6-13(11)17-14/h5-7,9,14H,4,8H2,1-3H3. The number of carbonyl (C=O) groups excluding carboxylic acids is 1. The van der Waals surface area contributed by atoms with Crippen LogP contribution < -0.4 is 9.47 Å². The fourth-order valence-corrected chi connectivity index (χ4v) is 2.03. The molecule has 2 unspecified atom stereocenters. The lowest BCUT2D eigenvalue weighted by atomic mass is 9.92. The van der Waals surface area contributed by atoms with Crippen molar-refractivity contribution in [3.63, 3.8) is 0 Å². The maximum absolute atomic E-state index is 12.0. The summed E-state index contributed by atoms with van der Waals surface area (Å²) in [6, 6.07) is 5.40. The molecule has 1 aromatic rings. The molecule has 0 N–H and O–H groups in total. The highest BCUT2D eigenvalue weighted by Crippen LogP contribution is 2.33. The second-order valence-electron chi connectivity index (χ2n) is 4.53. The highest BCUT2D eigenvalue weighted by Gasteiger charge is 2.29. The molecule has 92 valence electrons. The molecular formula is C14H18O3. The molecule has 3 heteroatoms. The van der Waals surface area contributed by atoms with E-state index in [1.165, 1.54) is 0 Å². The van der Waals surface area contributed by atoms with Crippen molar-refractivity contribution >= 4 is 5.78 Å². The summed E-state index contributed by atoms with van der Waals surface area (Å²) in [6.45, 7) is 4.23. The van der Waals surface area contributed by atoms with E-state index in [0.717, 1.165) is 6.42 Å². The first-order valence-corrected chi connectivity index (χ1v) is 6.03. The highest BCUT2D eigenvalue weighted by atomic mass is 16.5. The summed E-state index contributed by atoms with van der Waals surface area (Å²) in [5.74, 6) is 1.93. The van der Waals surface area contributed by atoms with Gasteiger partial charge in [0.2, 0.25) is 0 Å². The minimum absolute atomic E-state index is 0.00777. The molecule has 2 atom stereocenters. The van der Waals surface area contributed by atoms with Crippen molar-refractivity contribution in [3.05, 3.63) is 23.8 Å². The number of fused-ring (bicyclic) bond motifs is 1. The molecule has 0 radical (unpaired) electrons. The van der Waals surface area contributed by atoms with Crippen molar-refractivity contribution in [3.8, 4) is 11.5 Å². The Hall–Kier alpha value is -1.51. The van der Waals surface area contributed by atoms with Crippen LogP contribution in [0, 0.1) is 5.92 Å². The van der Waals surface area contributed by atoms with Gasteiger partial charge in [0.25, 0.3) is 0 Å². The van der Waals surface area contributed by atoms with Gasteiger partial charge in [-0.3, -0.25) is 4.79 Å². The van der Waals surface area contributed by atoms with Gasteiger partial charge in [0.15, 0.2) is 5.78 Å². The van der Waals surface area contributed by atoms with Gasteiger partial charge in [-0.15, -0.1) is 0 Å². The summed E-state index contributed by atoms with van der Waals surface area (Å²) < 4.78 is 11.0. The maximum Gasteiger partial charge on any atom is 0.170 e. The molecular weight excluding hydrogens is 216 g/mol. The van der Waals surface area contributed by atoms with Crippen LogP contribution in [0.4, 0.5) is 0 Å². The van der Waals surface area contributed by atoms with E-state index >= 15 is 0 Å². The molecule has 1 aliphatic rings. The molecule has 0 aliphatic carbocycles. The van der Waals surface area contributed by atoms with Crippen LogP contribution in [0.2, 0.25) is 0 Å². The molecule has 1 aliphatic heterocycles. The normalized spacial score (nSPS) is 20.4. The summed E-state index contributed by atoms with van der Waals surface area (Å²) in [7, 11) is 1.60. The van der Waals surface area contributed by atoms with Gasteiger partial charge in [-0.2, -0.15) is 0 Å². The van der Waals surface area contributed by atoms with Gasteiger partial charge in [-0.05, 0) is 24.1 Å². The zero-order valence-corrected chi connectivity index (χ0v) is 10.5. The second-order valence-corrected chi connectivity index (χ2v) is 4.53. The molecule has 1 aromatic carbocycles. The summed E-state index contributed by atoms with van der Waals surface area (Å²) >= 11 is 0. The number of benzene rings is 1. The molecule has 2 rings (SSSR count). The molecule has 3 nitrogen and oxygen atoms in total. The van der Waals surface area contributed by atoms with E-state index in [-0.39, 0.29) is 11.9 Å². The van der Waals surface area contributed by atoms with Gasteiger partial charge in [0.1, 0.15) is 17.6 Å². The van der Waals surface area contributed by atoms with Gasteiger partial charge in [-0.25, -0.2) is 0 Å². The Kier molecular flexibility index (Phi) is 3.36. The fraction of sp³-hybridized carbons (Fsp3) is 0.500. The number of hydrogen-bond acceptors (Lipinski definition) is 3. The van der Waals surface area contributed by atoms with E-state index in [1.54, 1.807) is 13.2 Å². The highest BCUT2D eigenvalue weighted by molar-refractivity contribution is 6.00. The molecule has 0 aromatic heterocycles. The number of hydrogen-bond donors (Lipinski definition) is 0. The number of methoxy groups -OCH3 is 1. The molecule has 0 fully saturated rings. The zero-order chi connectivity index (χ0) is 12.4.